The molecule has 5 heteroatoms. The smallest absolute Gasteiger partial charge is 0.319 e. The predicted octanol–water partition coefficient (Wildman–Crippen LogP) is 3.50. The van der Waals surface area contributed by atoms with Crippen molar-refractivity contribution in [2.24, 2.45) is 0 Å². The summed E-state index contributed by atoms with van der Waals surface area (Å²) in [4.78, 5) is 27.0. The van der Waals surface area contributed by atoms with E-state index < -0.39 is 11.6 Å². The number of rotatable bonds is 2. The number of imide groups is 1. The Morgan fingerprint density at radius 1 is 1.08 bits per heavy atom. The van der Waals surface area contributed by atoms with E-state index in [1.54, 1.807) is 12.1 Å². The van der Waals surface area contributed by atoms with Gasteiger partial charge in [-0.25, -0.2) is 9.18 Å². The Balaban J connectivity index is 1.71. The molecule has 1 aliphatic carbocycles. The standard InChI is InChI=1S/C20H19FN2O2/c21-16-9-5-6-14(12-16)13-23-18(24)20(22-19(23)25)11-4-3-8-15-7-1-2-10-17(15)20/h1-2,5-7,9-10,12H,3-4,8,11,13H2,(H,22,25)/t20-/m1/s1. The van der Waals surface area contributed by atoms with Crippen molar-refractivity contribution >= 4 is 11.9 Å². The molecule has 4 nitrogen and oxygen atoms in total. The number of fused-ring (bicyclic) bond motifs is 2. The van der Waals surface area contributed by atoms with Crippen molar-refractivity contribution in [1.29, 1.82) is 0 Å². The number of carbonyl (C=O) groups excluding carboxylic acids is 2. The van der Waals surface area contributed by atoms with Crippen LogP contribution in [0.4, 0.5) is 9.18 Å². The lowest BCUT2D eigenvalue weighted by Gasteiger charge is -2.27. The van der Waals surface area contributed by atoms with E-state index >= 15 is 0 Å². The van der Waals surface area contributed by atoms with Crippen molar-refractivity contribution in [2.75, 3.05) is 0 Å². The molecule has 0 aromatic heterocycles. The van der Waals surface area contributed by atoms with Crippen molar-refractivity contribution < 1.29 is 14.0 Å². The van der Waals surface area contributed by atoms with Gasteiger partial charge in [0.25, 0.3) is 5.91 Å². The Kier molecular flexibility index (Phi) is 3.79. The molecule has 2 aromatic rings. The molecule has 0 bridgehead atoms. The average molecular weight is 338 g/mol. The fourth-order valence-electron chi connectivity index (χ4n) is 3.93. The molecule has 1 aliphatic heterocycles. The summed E-state index contributed by atoms with van der Waals surface area (Å²) < 4.78 is 13.4. The monoisotopic (exact) mass is 338 g/mol. The number of hydrogen-bond donors (Lipinski definition) is 1. The zero-order valence-corrected chi connectivity index (χ0v) is 13.8. The van der Waals surface area contributed by atoms with E-state index in [0.29, 0.717) is 12.0 Å². The van der Waals surface area contributed by atoms with Gasteiger partial charge in [-0.15, -0.1) is 0 Å². The third-order valence-corrected chi connectivity index (χ3v) is 5.13. The number of nitrogens with one attached hydrogen (secondary N) is 1. The number of amides is 3. The number of carbonyl (C=O) groups is 2. The van der Waals surface area contributed by atoms with Crippen LogP contribution in [-0.4, -0.2) is 16.8 Å². The quantitative estimate of drug-likeness (QED) is 0.852. The summed E-state index contributed by atoms with van der Waals surface area (Å²) in [5.41, 5.74) is 1.62. The Morgan fingerprint density at radius 3 is 2.76 bits per heavy atom. The largest absolute Gasteiger partial charge is 0.325 e. The summed E-state index contributed by atoms with van der Waals surface area (Å²) in [6.07, 6.45) is 3.36. The molecule has 0 unspecified atom stereocenters. The van der Waals surface area contributed by atoms with Crippen LogP contribution in [0.15, 0.2) is 48.5 Å². The molecule has 4 rings (SSSR count). The van der Waals surface area contributed by atoms with Crippen LogP contribution in [0.25, 0.3) is 0 Å². The fraction of sp³-hybridized carbons (Fsp3) is 0.300. The summed E-state index contributed by atoms with van der Waals surface area (Å²) in [6.45, 7) is 0.0757. The first-order valence-electron chi connectivity index (χ1n) is 8.57. The van der Waals surface area contributed by atoms with Crippen molar-refractivity contribution in [3.8, 4) is 0 Å². The summed E-state index contributed by atoms with van der Waals surface area (Å²) >= 11 is 0. The Morgan fingerprint density at radius 2 is 1.92 bits per heavy atom. The minimum atomic E-state index is -0.989. The lowest BCUT2D eigenvalue weighted by molar-refractivity contribution is -0.132. The number of halogens is 1. The number of urea groups is 1. The van der Waals surface area contributed by atoms with Crippen molar-refractivity contribution in [3.63, 3.8) is 0 Å². The second-order valence-electron chi connectivity index (χ2n) is 6.72. The molecule has 1 atom stereocenters. The number of aryl methyl sites for hydroxylation is 1. The highest BCUT2D eigenvalue weighted by atomic mass is 19.1. The van der Waals surface area contributed by atoms with Crippen LogP contribution in [-0.2, 0) is 23.3 Å². The van der Waals surface area contributed by atoms with E-state index in [9.17, 15) is 14.0 Å². The van der Waals surface area contributed by atoms with E-state index in [1.165, 1.54) is 17.0 Å². The first-order chi connectivity index (χ1) is 12.1. The first kappa shape index (κ1) is 15.8. The molecule has 1 N–H and O–H groups in total. The van der Waals surface area contributed by atoms with E-state index in [0.717, 1.165) is 30.4 Å². The van der Waals surface area contributed by atoms with E-state index in [1.807, 2.05) is 24.3 Å². The molecule has 1 saturated heterocycles. The highest BCUT2D eigenvalue weighted by Gasteiger charge is 2.53. The summed E-state index contributed by atoms with van der Waals surface area (Å²) in [7, 11) is 0. The molecule has 2 aromatic carbocycles. The minimum Gasteiger partial charge on any atom is -0.319 e. The molecular formula is C20H19FN2O2. The summed E-state index contributed by atoms with van der Waals surface area (Å²) in [5, 5.41) is 2.94. The maximum absolute atomic E-state index is 13.4. The molecule has 25 heavy (non-hydrogen) atoms. The van der Waals surface area contributed by atoms with Crippen LogP contribution >= 0.6 is 0 Å². The average Bonchev–Trinajstić information content (AvgIpc) is 2.75. The molecule has 128 valence electrons. The van der Waals surface area contributed by atoms with Gasteiger partial charge in [-0.1, -0.05) is 36.4 Å². The van der Waals surface area contributed by atoms with Gasteiger partial charge in [0.15, 0.2) is 0 Å². The van der Waals surface area contributed by atoms with Gasteiger partial charge in [0.2, 0.25) is 0 Å². The van der Waals surface area contributed by atoms with E-state index in [-0.39, 0.29) is 18.3 Å². The van der Waals surface area contributed by atoms with Crippen LogP contribution in [0, 0.1) is 5.82 Å². The minimum absolute atomic E-state index is 0.0757. The van der Waals surface area contributed by atoms with Crippen molar-refractivity contribution in [2.45, 2.75) is 37.8 Å². The maximum Gasteiger partial charge on any atom is 0.325 e. The third-order valence-electron chi connectivity index (χ3n) is 5.13. The first-order valence-corrected chi connectivity index (χ1v) is 8.57. The SMILES string of the molecule is O=C1N[C@@]2(CCCCc3ccccc32)C(=O)N1Cc1cccc(F)c1. The van der Waals surface area contributed by atoms with Gasteiger partial charge in [0, 0.05) is 0 Å². The number of hydrogen-bond acceptors (Lipinski definition) is 2. The topological polar surface area (TPSA) is 49.4 Å². The normalized spacial score (nSPS) is 22.7. The van der Waals surface area contributed by atoms with Gasteiger partial charge in [-0.2, -0.15) is 0 Å². The number of benzene rings is 2. The highest BCUT2D eigenvalue weighted by Crippen LogP contribution is 2.39. The van der Waals surface area contributed by atoms with Gasteiger partial charge in [-0.05, 0) is 54.5 Å². The Hall–Kier alpha value is -2.69. The van der Waals surface area contributed by atoms with Crippen LogP contribution in [0.2, 0.25) is 0 Å². The second-order valence-corrected chi connectivity index (χ2v) is 6.72. The Labute approximate surface area is 145 Å². The van der Waals surface area contributed by atoms with Gasteiger partial charge in [-0.3, -0.25) is 9.69 Å². The molecule has 3 amide bonds. The Bertz CT molecular complexity index is 851. The zero-order chi connectivity index (χ0) is 17.4. The van der Waals surface area contributed by atoms with Crippen LogP contribution < -0.4 is 5.32 Å². The second kappa shape index (κ2) is 5.99. The molecule has 2 aliphatic rings. The summed E-state index contributed by atoms with van der Waals surface area (Å²) in [5.74, 6) is -0.616. The van der Waals surface area contributed by atoms with E-state index in [4.69, 9.17) is 0 Å². The third kappa shape index (κ3) is 2.60. The lowest BCUT2D eigenvalue weighted by Crippen LogP contribution is -2.44. The lowest BCUT2D eigenvalue weighted by atomic mass is 9.84. The van der Waals surface area contributed by atoms with Crippen LogP contribution in [0.5, 0.6) is 0 Å². The predicted molar refractivity (Wildman–Crippen MR) is 91.2 cm³/mol. The van der Waals surface area contributed by atoms with Gasteiger partial charge >= 0.3 is 6.03 Å². The molecule has 1 fully saturated rings. The van der Waals surface area contributed by atoms with Crippen LogP contribution in [0.3, 0.4) is 0 Å². The maximum atomic E-state index is 13.4. The van der Waals surface area contributed by atoms with Gasteiger partial charge in [0.1, 0.15) is 11.4 Å². The highest BCUT2D eigenvalue weighted by molar-refractivity contribution is 6.07. The van der Waals surface area contributed by atoms with Gasteiger partial charge < -0.3 is 5.32 Å². The van der Waals surface area contributed by atoms with E-state index in [2.05, 4.69) is 5.32 Å². The molecule has 1 spiro atoms. The van der Waals surface area contributed by atoms with Gasteiger partial charge in [0.05, 0.1) is 6.54 Å². The fourth-order valence-corrected chi connectivity index (χ4v) is 3.93. The zero-order valence-electron chi connectivity index (χ0n) is 13.8. The van der Waals surface area contributed by atoms with Crippen molar-refractivity contribution in [3.05, 3.63) is 71.0 Å². The molecule has 0 radical (unpaired) electrons. The molecule has 1 heterocycles. The summed E-state index contributed by atoms with van der Waals surface area (Å²) in [6, 6.07) is 13.4. The van der Waals surface area contributed by atoms with Crippen molar-refractivity contribution in [1.82, 2.24) is 10.2 Å². The van der Waals surface area contributed by atoms with Crippen LogP contribution in [0.1, 0.15) is 36.0 Å². The number of nitrogens with zero attached hydrogens (tertiary/aromatic N) is 1. The molecular weight excluding hydrogens is 319 g/mol. The molecule has 0 saturated carbocycles.